The Kier molecular flexibility index (Phi) is 4.31. The predicted molar refractivity (Wildman–Crippen MR) is 59.6 cm³/mol. The average Bonchev–Trinajstić information content (AvgIpc) is 2.35. The fourth-order valence-electron chi connectivity index (χ4n) is 1.16. The van der Waals surface area contributed by atoms with Crippen molar-refractivity contribution in [1.29, 1.82) is 0 Å². The number of ether oxygens (including phenoxy) is 2. The first-order chi connectivity index (χ1) is 7.62. The van der Waals surface area contributed by atoms with E-state index >= 15 is 0 Å². The van der Waals surface area contributed by atoms with Gasteiger partial charge in [-0.15, -0.1) is 11.6 Å². The van der Waals surface area contributed by atoms with Crippen LogP contribution in [0, 0.1) is 0 Å². The Morgan fingerprint density at radius 1 is 1.12 bits per heavy atom. The first kappa shape index (κ1) is 12.5. The molecule has 0 saturated heterocycles. The van der Waals surface area contributed by atoms with Crippen molar-refractivity contribution in [3.63, 3.8) is 0 Å². The molecule has 0 aromatic heterocycles. The first-order valence-corrected chi connectivity index (χ1v) is 5.02. The lowest BCUT2D eigenvalue weighted by Gasteiger charge is -2.06. The topological polar surface area (TPSA) is 52.6 Å². The summed E-state index contributed by atoms with van der Waals surface area (Å²) in [5, 5.41) is 0. The summed E-state index contributed by atoms with van der Waals surface area (Å²) in [4.78, 5) is 22.7. The van der Waals surface area contributed by atoms with Gasteiger partial charge in [-0.3, -0.25) is 9.59 Å². The van der Waals surface area contributed by atoms with Crippen molar-refractivity contribution in [2.45, 2.75) is 0 Å². The van der Waals surface area contributed by atoms with E-state index in [1.165, 1.54) is 26.4 Å². The van der Waals surface area contributed by atoms with Crippen LogP contribution in [-0.2, 0) is 4.79 Å². The third-order valence-corrected chi connectivity index (χ3v) is 2.23. The van der Waals surface area contributed by atoms with Gasteiger partial charge in [-0.2, -0.15) is 0 Å². The van der Waals surface area contributed by atoms with E-state index in [0.717, 1.165) is 0 Å². The maximum absolute atomic E-state index is 11.6. The Labute approximate surface area is 98.1 Å². The number of Topliss-reactive ketones (excluding diaryl/α,β-unsaturated/α-hetero) is 2. The number of rotatable bonds is 5. The van der Waals surface area contributed by atoms with E-state index in [4.69, 9.17) is 21.1 Å². The number of carbonyl (C=O) groups excluding carboxylic acids is 2. The van der Waals surface area contributed by atoms with Gasteiger partial charge in [0.15, 0.2) is 0 Å². The molecule has 0 saturated carbocycles. The molecule has 5 heteroatoms. The highest BCUT2D eigenvalue weighted by molar-refractivity contribution is 6.51. The predicted octanol–water partition coefficient (Wildman–Crippen LogP) is 1.69. The number of ketones is 2. The van der Waals surface area contributed by atoms with Gasteiger partial charge in [-0.1, -0.05) is 0 Å². The summed E-state index contributed by atoms with van der Waals surface area (Å²) in [6, 6.07) is 4.55. The molecule has 0 heterocycles. The fourth-order valence-corrected chi connectivity index (χ4v) is 1.28. The van der Waals surface area contributed by atoms with Crippen LogP contribution in [-0.4, -0.2) is 31.7 Å². The van der Waals surface area contributed by atoms with Crippen LogP contribution in [0.3, 0.4) is 0 Å². The zero-order chi connectivity index (χ0) is 12.1. The van der Waals surface area contributed by atoms with E-state index < -0.39 is 11.6 Å². The minimum atomic E-state index is -0.656. The summed E-state index contributed by atoms with van der Waals surface area (Å²) in [6.07, 6.45) is 0. The standard InChI is InChI=1S/C11H11ClO4/c1-15-8-3-7(4-9(5-8)16-2)11(14)10(13)6-12/h3-5H,6H2,1-2H3. The zero-order valence-corrected chi connectivity index (χ0v) is 9.71. The second-order valence-electron chi connectivity index (χ2n) is 2.99. The average molecular weight is 243 g/mol. The molecule has 0 aliphatic heterocycles. The molecule has 0 bridgehead atoms. The lowest BCUT2D eigenvalue weighted by atomic mass is 10.1. The Morgan fingerprint density at radius 2 is 1.62 bits per heavy atom. The highest BCUT2D eigenvalue weighted by Gasteiger charge is 2.16. The van der Waals surface area contributed by atoms with Gasteiger partial charge in [0.05, 0.1) is 20.1 Å². The number of halogens is 1. The van der Waals surface area contributed by atoms with Crippen LogP contribution in [0.2, 0.25) is 0 Å². The van der Waals surface area contributed by atoms with E-state index in [0.29, 0.717) is 11.5 Å². The van der Waals surface area contributed by atoms with Gasteiger partial charge in [-0.05, 0) is 12.1 Å². The van der Waals surface area contributed by atoms with Gasteiger partial charge in [0.2, 0.25) is 11.6 Å². The normalized spacial score (nSPS) is 9.69. The van der Waals surface area contributed by atoms with E-state index in [2.05, 4.69) is 0 Å². The van der Waals surface area contributed by atoms with Crippen molar-refractivity contribution in [1.82, 2.24) is 0 Å². The van der Waals surface area contributed by atoms with Crippen molar-refractivity contribution in [3.05, 3.63) is 23.8 Å². The minimum Gasteiger partial charge on any atom is -0.497 e. The van der Waals surface area contributed by atoms with Crippen LogP contribution in [0.1, 0.15) is 10.4 Å². The second kappa shape index (κ2) is 5.51. The summed E-state index contributed by atoms with van der Waals surface area (Å²) < 4.78 is 9.97. The lowest BCUT2D eigenvalue weighted by Crippen LogP contribution is -2.15. The maximum atomic E-state index is 11.6. The quantitative estimate of drug-likeness (QED) is 0.448. The molecule has 0 radical (unpaired) electrons. The third kappa shape index (κ3) is 2.73. The molecule has 0 amide bonds. The molecule has 1 rings (SSSR count). The number of alkyl halides is 1. The van der Waals surface area contributed by atoms with Gasteiger partial charge in [0, 0.05) is 11.6 Å². The van der Waals surface area contributed by atoms with Crippen molar-refractivity contribution < 1.29 is 19.1 Å². The van der Waals surface area contributed by atoms with E-state index in [1.54, 1.807) is 6.07 Å². The molecule has 0 N–H and O–H groups in total. The minimum absolute atomic E-state index is 0.210. The van der Waals surface area contributed by atoms with Crippen molar-refractivity contribution >= 4 is 23.2 Å². The SMILES string of the molecule is COc1cc(OC)cc(C(=O)C(=O)CCl)c1. The number of benzene rings is 1. The lowest BCUT2D eigenvalue weighted by molar-refractivity contribution is -0.112. The summed E-state index contributed by atoms with van der Waals surface area (Å²) in [5.74, 6) is -0.738. The van der Waals surface area contributed by atoms with Crippen molar-refractivity contribution in [3.8, 4) is 11.5 Å². The van der Waals surface area contributed by atoms with Gasteiger partial charge >= 0.3 is 0 Å². The monoisotopic (exact) mass is 242 g/mol. The molecule has 4 nitrogen and oxygen atoms in total. The van der Waals surface area contributed by atoms with E-state index in [9.17, 15) is 9.59 Å². The largest absolute Gasteiger partial charge is 0.497 e. The molecule has 1 aromatic carbocycles. The highest BCUT2D eigenvalue weighted by atomic mass is 35.5. The molecule has 1 aromatic rings. The Bertz CT molecular complexity index is 392. The van der Waals surface area contributed by atoms with Crippen LogP contribution in [0.4, 0.5) is 0 Å². The number of hydrogen-bond acceptors (Lipinski definition) is 4. The Balaban J connectivity index is 3.12. The number of carbonyl (C=O) groups is 2. The smallest absolute Gasteiger partial charge is 0.230 e. The molecule has 0 aliphatic carbocycles. The molecular formula is C11H11ClO4. The van der Waals surface area contributed by atoms with Crippen LogP contribution in [0.15, 0.2) is 18.2 Å². The van der Waals surface area contributed by atoms with Crippen molar-refractivity contribution in [2.24, 2.45) is 0 Å². The van der Waals surface area contributed by atoms with Gasteiger partial charge in [0.1, 0.15) is 11.5 Å². The summed E-state index contributed by atoms with van der Waals surface area (Å²) in [7, 11) is 2.93. The van der Waals surface area contributed by atoms with Crippen molar-refractivity contribution in [2.75, 3.05) is 20.1 Å². The van der Waals surface area contributed by atoms with Gasteiger partial charge in [0.25, 0.3) is 0 Å². The third-order valence-electron chi connectivity index (χ3n) is 1.99. The highest BCUT2D eigenvalue weighted by Crippen LogP contribution is 2.22. The summed E-state index contributed by atoms with van der Waals surface area (Å²) in [5.41, 5.74) is 0.210. The molecule has 86 valence electrons. The van der Waals surface area contributed by atoms with Crippen LogP contribution >= 0.6 is 11.6 Å². The second-order valence-corrected chi connectivity index (χ2v) is 3.25. The maximum Gasteiger partial charge on any atom is 0.230 e. The summed E-state index contributed by atoms with van der Waals surface area (Å²) >= 11 is 5.31. The van der Waals surface area contributed by atoms with Gasteiger partial charge in [-0.25, -0.2) is 0 Å². The molecule has 0 atom stereocenters. The Hall–Kier alpha value is -1.55. The fraction of sp³-hybridized carbons (Fsp3) is 0.273. The molecule has 0 unspecified atom stereocenters. The summed E-state index contributed by atoms with van der Waals surface area (Å²) in [6.45, 7) is 0. The van der Waals surface area contributed by atoms with E-state index in [1.807, 2.05) is 0 Å². The Morgan fingerprint density at radius 3 is 2.00 bits per heavy atom. The number of methoxy groups -OCH3 is 2. The van der Waals surface area contributed by atoms with Crippen LogP contribution < -0.4 is 9.47 Å². The van der Waals surface area contributed by atoms with Crippen LogP contribution in [0.25, 0.3) is 0 Å². The zero-order valence-electron chi connectivity index (χ0n) is 8.95. The number of hydrogen-bond donors (Lipinski definition) is 0. The molecule has 0 spiro atoms. The molecule has 0 fully saturated rings. The van der Waals surface area contributed by atoms with E-state index in [-0.39, 0.29) is 11.4 Å². The molecule has 0 aliphatic rings. The molecular weight excluding hydrogens is 232 g/mol. The van der Waals surface area contributed by atoms with Crippen LogP contribution in [0.5, 0.6) is 11.5 Å². The molecule has 16 heavy (non-hydrogen) atoms. The first-order valence-electron chi connectivity index (χ1n) is 4.49. The van der Waals surface area contributed by atoms with Gasteiger partial charge < -0.3 is 9.47 Å².